The molecule has 1 aromatic carbocycles. The van der Waals surface area contributed by atoms with Gasteiger partial charge in [0, 0.05) is 6.61 Å². The lowest BCUT2D eigenvalue weighted by Crippen LogP contribution is -2.25. The molecule has 0 saturated heterocycles. The molecule has 0 spiro atoms. The van der Waals surface area contributed by atoms with Crippen molar-refractivity contribution in [3.8, 4) is 0 Å². The van der Waals surface area contributed by atoms with Crippen molar-refractivity contribution in [2.45, 2.75) is 77.2 Å². The topological polar surface area (TPSA) is 9.23 Å². The Morgan fingerprint density at radius 2 is 1.52 bits per heavy atom. The minimum Gasteiger partial charge on any atom is -0.377 e. The smallest absolute Gasteiger partial charge is 0.0716 e. The van der Waals surface area contributed by atoms with Crippen molar-refractivity contribution in [2.24, 2.45) is 17.8 Å². The summed E-state index contributed by atoms with van der Waals surface area (Å²) in [5.74, 6) is 3.73. The fourth-order valence-electron chi connectivity index (χ4n) is 5.16. The van der Waals surface area contributed by atoms with Crippen LogP contribution in [-0.4, -0.2) is 6.61 Å². The third-order valence-electron chi connectivity index (χ3n) is 6.75. The molecule has 1 nitrogen and oxygen atoms in total. The second kappa shape index (κ2) is 9.57. The Hall–Kier alpha value is -1.08. The van der Waals surface area contributed by atoms with Gasteiger partial charge in [-0.05, 0) is 99.5 Å². The van der Waals surface area contributed by atoms with Gasteiger partial charge >= 0.3 is 0 Å². The van der Waals surface area contributed by atoms with E-state index in [1.807, 2.05) is 0 Å². The number of ether oxygens (including phenoxy) is 1. The van der Waals surface area contributed by atoms with Crippen LogP contribution in [0.4, 0.5) is 0 Å². The molecule has 0 atom stereocenters. The van der Waals surface area contributed by atoms with Crippen LogP contribution in [0, 0.1) is 17.8 Å². The molecule has 3 rings (SSSR count). The van der Waals surface area contributed by atoms with Crippen LogP contribution in [0.2, 0.25) is 0 Å². The summed E-state index contributed by atoms with van der Waals surface area (Å²) < 4.78 is 5.50. The van der Waals surface area contributed by atoms with E-state index >= 15 is 0 Å². The van der Waals surface area contributed by atoms with Crippen LogP contribution in [0.5, 0.6) is 0 Å². The van der Waals surface area contributed by atoms with E-state index in [0.29, 0.717) is 0 Å². The molecular formula is C24H36O. The Balaban J connectivity index is 1.45. The normalized spacial score (nSPS) is 30.1. The molecule has 0 bridgehead atoms. The Labute approximate surface area is 154 Å². The van der Waals surface area contributed by atoms with Crippen LogP contribution in [0.3, 0.4) is 0 Å². The lowest BCUT2D eigenvalue weighted by molar-refractivity contribution is 0.134. The van der Waals surface area contributed by atoms with Crippen LogP contribution in [0.15, 0.2) is 36.9 Å². The predicted octanol–water partition coefficient (Wildman–Crippen LogP) is 6.88. The number of allylic oxidation sites excluding steroid dienone is 1. The first-order chi connectivity index (χ1) is 12.3. The summed E-state index contributed by atoms with van der Waals surface area (Å²) in [6, 6.07) is 9.22. The molecule has 0 radical (unpaired) electrons. The molecule has 0 amide bonds. The maximum absolute atomic E-state index is 5.50. The van der Waals surface area contributed by atoms with Crippen LogP contribution in [0.1, 0.15) is 81.8 Å². The van der Waals surface area contributed by atoms with Gasteiger partial charge in [-0.25, -0.2) is 0 Å². The van der Waals surface area contributed by atoms with Gasteiger partial charge < -0.3 is 4.74 Å². The molecule has 0 N–H and O–H groups in total. The maximum Gasteiger partial charge on any atom is 0.0716 e. The van der Waals surface area contributed by atoms with Crippen LogP contribution in [-0.2, 0) is 11.3 Å². The minimum atomic E-state index is 0.748. The van der Waals surface area contributed by atoms with E-state index in [2.05, 4.69) is 43.8 Å². The van der Waals surface area contributed by atoms with Crippen LogP contribution >= 0.6 is 0 Å². The number of hydrogen-bond acceptors (Lipinski definition) is 1. The van der Waals surface area contributed by atoms with Crippen LogP contribution in [0.25, 0.3) is 0 Å². The zero-order valence-electron chi connectivity index (χ0n) is 16.1. The Bertz CT molecular complexity index is 501. The second-order valence-electron chi connectivity index (χ2n) is 8.30. The molecule has 1 heteroatoms. The molecule has 138 valence electrons. The molecule has 2 saturated carbocycles. The number of hydrogen-bond donors (Lipinski definition) is 0. The van der Waals surface area contributed by atoms with Crippen LogP contribution < -0.4 is 0 Å². The minimum absolute atomic E-state index is 0.748. The van der Waals surface area contributed by atoms with Crippen molar-refractivity contribution in [2.75, 3.05) is 6.61 Å². The largest absolute Gasteiger partial charge is 0.377 e. The molecule has 2 aliphatic rings. The first-order valence-electron chi connectivity index (χ1n) is 10.6. The molecule has 2 fully saturated rings. The number of benzene rings is 1. The van der Waals surface area contributed by atoms with Gasteiger partial charge in [0.1, 0.15) is 0 Å². The first-order valence-corrected chi connectivity index (χ1v) is 10.6. The van der Waals surface area contributed by atoms with Crippen molar-refractivity contribution in [3.05, 3.63) is 48.0 Å². The highest BCUT2D eigenvalue weighted by Gasteiger charge is 2.30. The van der Waals surface area contributed by atoms with Gasteiger partial charge in [0.25, 0.3) is 0 Å². The molecule has 0 heterocycles. The number of rotatable bonds is 7. The summed E-state index contributed by atoms with van der Waals surface area (Å²) >= 11 is 0. The SMILES string of the molecule is C=CCC1CCC(C2CCC(c3ccc(COCC)cc3)CC2)CC1. The van der Waals surface area contributed by atoms with E-state index in [1.165, 1.54) is 63.4 Å². The molecule has 0 aromatic heterocycles. The van der Waals surface area contributed by atoms with Crippen molar-refractivity contribution < 1.29 is 4.74 Å². The van der Waals surface area contributed by atoms with E-state index in [1.54, 1.807) is 5.56 Å². The lowest BCUT2D eigenvalue weighted by atomic mass is 9.68. The fraction of sp³-hybridized carbons (Fsp3) is 0.667. The fourth-order valence-corrected chi connectivity index (χ4v) is 5.16. The quantitative estimate of drug-likeness (QED) is 0.492. The van der Waals surface area contributed by atoms with E-state index in [-0.39, 0.29) is 0 Å². The molecular weight excluding hydrogens is 304 g/mol. The lowest BCUT2D eigenvalue weighted by Gasteiger charge is -2.38. The molecule has 0 unspecified atom stereocenters. The van der Waals surface area contributed by atoms with E-state index in [0.717, 1.165) is 36.9 Å². The van der Waals surface area contributed by atoms with Gasteiger partial charge in [-0.15, -0.1) is 6.58 Å². The van der Waals surface area contributed by atoms with E-state index in [9.17, 15) is 0 Å². The molecule has 0 aliphatic heterocycles. The predicted molar refractivity (Wildman–Crippen MR) is 107 cm³/mol. The summed E-state index contributed by atoms with van der Waals surface area (Å²) in [7, 11) is 0. The van der Waals surface area contributed by atoms with Gasteiger partial charge in [0.05, 0.1) is 6.61 Å². The highest BCUT2D eigenvalue weighted by atomic mass is 16.5. The van der Waals surface area contributed by atoms with Crippen molar-refractivity contribution in [3.63, 3.8) is 0 Å². The summed E-state index contributed by atoms with van der Waals surface area (Å²) in [6.07, 6.45) is 14.9. The average molecular weight is 341 g/mol. The van der Waals surface area contributed by atoms with Gasteiger partial charge in [-0.3, -0.25) is 0 Å². The first kappa shape index (κ1) is 18.7. The van der Waals surface area contributed by atoms with E-state index < -0.39 is 0 Å². The monoisotopic (exact) mass is 340 g/mol. The van der Waals surface area contributed by atoms with E-state index in [4.69, 9.17) is 4.74 Å². The average Bonchev–Trinajstić information content (AvgIpc) is 2.68. The molecule has 25 heavy (non-hydrogen) atoms. The summed E-state index contributed by atoms with van der Waals surface area (Å²) in [5, 5.41) is 0. The standard InChI is InChI=1S/C24H36O/c1-3-5-19-6-10-21(11-7-19)23-14-16-24(17-15-23)22-12-8-20(9-13-22)18-25-4-2/h3,8-9,12-13,19,21,23-24H,1,4-7,10-11,14-18H2,2H3. The molecule has 1 aromatic rings. The Morgan fingerprint density at radius 3 is 2.08 bits per heavy atom. The second-order valence-corrected chi connectivity index (χ2v) is 8.30. The summed E-state index contributed by atoms with van der Waals surface area (Å²) in [4.78, 5) is 0. The summed E-state index contributed by atoms with van der Waals surface area (Å²) in [6.45, 7) is 7.51. The highest BCUT2D eigenvalue weighted by Crippen LogP contribution is 2.44. The van der Waals surface area contributed by atoms with Crippen molar-refractivity contribution in [1.29, 1.82) is 0 Å². The van der Waals surface area contributed by atoms with Gasteiger partial charge in [0.15, 0.2) is 0 Å². The van der Waals surface area contributed by atoms with Crippen molar-refractivity contribution >= 4 is 0 Å². The Kier molecular flexibility index (Phi) is 7.16. The highest BCUT2D eigenvalue weighted by molar-refractivity contribution is 5.25. The zero-order valence-corrected chi connectivity index (χ0v) is 16.1. The zero-order chi connectivity index (χ0) is 17.5. The Morgan fingerprint density at radius 1 is 0.920 bits per heavy atom. The van der Waals surface area contributed by atoms with Gasteiger partial charge in [0.2, 0.25) is 0 Å². The third kappa shape index (κ3) is 5.20. The maximum atomic E-state index is 5.50. The molecule has 2 aliphatic carbocycles. The van der Waals surface area contributed by atoms with Gasteiger partial charge in [-0.1, -0.05) is 30.3 Å². The van der Waals surface area contributed by atoms with Gasteiger partial charge in [-0.2, -0.15) is 0 Å². The summed E-state index contributed by atoms with van der Waals surface area (Å²) in [5.41, 5.74) is 2.85. The van der Waals surface area contributed by atoms with Crippen molar-refractivity contribution in [1.82, 2.24) is 0 Å². The third-order valence-corrected chi connectivity index (χ3v) is 6.75.